The number of amides is 2. The highest BCUT2D eigenvalue weighted by Crippen LogP contribution is 2.60. The van der Waals surface area contributed by atoms with Gasteiger partial charge in [0.1, 0.15) is 11.0 Å². The summed E-state index contributed by atoms with van der Waals surface area (Å²) in [5.41, 5.74) is -0.236. The third-order valence-electron chi connectivity index (χ3n) is 6.76. The van der Waals surface area contributed by atoms with E-state index in [0.717, 1.165) is 30.7 Å². The van der Waals surface area contributed by atoms with Crippen LogP contribution < -0.4 is 10.6 Å². The monoisotopic (exact) mass is 390 g/mol. The van der Waals surface area contributed by atoms with Gasteiger partial charge in [-0.1, -0.05) is 32.1 Å². The lowest BCUT2D eigenvalue weighted by Gasteiger charge is -2.55. The molecule has 4 bridgehead atoms. The fourth-order valence-electron chi connectivity index (χ4n) is 5.85. The maximum absolute atomic E-state index is 13.3. The minimum Gasteiger partial charge on any atom is -0.344 e. The molecule has 4 aliphatic rings. The van der Waals surface area contributed by atoms with Crippen LogP contribution in [0.25, 0.3) is 0 Å². The Morgan fingerprint density at radius 2 is 1.70 bits per heavy atom. The van der Waals surface area contributed by atoms with Gasteiger partial charge in [0.2, 0.25) is 16.9 Å². The zero-order valence-electron chi connectivity index (χ0n) is 16.5. The number of carbonyl (C=O) groups is 2. The summed E-state index contributed by atoms with van der Waals surface area (Å²) >= 11 is 1.39. The Morgan fingerprint density at radius 3 is 2.19 bits per heavy atom. The van der Waals surface area contributed by atoms with Crippen LogP contribution in [-0.2, 0) is 16.0 Å². The molecular weight excluding hydrogens is 360 g/mol. The van der Waals surface area contributed by atoms with Crippen LogP contribution in [0.2, 0.25) is 0 Å². The van der Waals surface area contributed by atoms with Crippen molar-refractivity contribution >= 4 is 28.3 Å². The molecule has 2 N–H and O–H groups in total. The van der Waals surface area contributed by atoms with Crippen LogP contribution in [0.1, 0.15) is 64.3 Å². The maximum Gasteiger partial charge on any atom is 0.249 e. The average molecular weight is 391 g/mol. The van der Waals surface area contributed by atoms with E-state index >= 15 is 0 Å². The standard InChI is InChI=1S/C20H30N4O2S/c1-4-15-23-24-19(27-15)22-17(25)16(11(2)3)21-18(26)20-8-12-5-13(9-20)7-14(6-12)10-20/h11-14,16H,4-10H2,1-3H3,(H,21,26)(H,22,24,25). The normalized spacial score (nSPS) is 32.5. The van der Waals surface area contributed by atoms with Crippen molar-refractivity contribution in [2.45, 2.75) is 71.8 Å². The Hall–Kier alpha value is -1.50. The van der Waals surface area contributed by atoms with Crippen molar-refractivity contribution in [1.82, 2.24) is 15.5 Å². The third kappa shape index (κ3) is 3.62. The predicted molar refractivity (Wildman–Crippen MR) is 105 cm³/mol. The van der Waals surface area contributed by atoms with Crippen molar-refractivity contribution in [3.8, 4) is 0 Å². The van der Waals surface area contributed by atoms with Gasteiger partial charge in [-0.25, -0.2) is 0 Å². The van der Waals surface area contributed by atoms with Crippen molar-refractivity contribution in [3.63, 3.8) is 0 Å². The molecule has 0 aliphatic heterocycles. The topological polar surface area (TPSA) is 84.0 Å². The molecule has 5 rings (SSSR count). The largest absolute Gasteiger partial charge is 0.344 e. The van der Waals surface area contributed by atoms with Gasteiger partial charge < -0.3 is 5.32 Å². The van der Waals surface area contributed by atoms with E-state index in [1.54, 1.807) is 0 Å². The molecule has 0 saturated heterocycles. The summed E-state index contributed by atoms with van der Waals surface area (Å²) in [6.07, 6.45) is 7.73. The quantitative estimate of drug-likeness (QED) is 0.780. The van der Waals surface area contributed by atoms with Gasteiger partial charge in [-0.2, -0.15) is 0 Å². The zero-order chi connectivity index (χ0) is 19.2. The second kappa shape index (κ2) is 7.15. The molecular formula is C20H30N4O2S. The van der Waals surface area contributed by atoms with Crippen molar-refractivity contribution in [3.05, 3.63) is 5.01 Å². The highest BCUT2D eigenvalue weighted by Gasteiger charge is 2.55. The highest BCUT2D eigenvalue weighted by molar-refractivity contribution is 7.15. The Balaban J connectivity index is 1.45. The van der Waals surface area contributed by atoms with Crippen LogP contribution in [0, 0.1) is 29.1 Å². The van der Waals surface area contributed by atoms with Crippen molar-refractivity contribution in [2.24, 2.45) is 29.1 Å². The van der Waals surface area contributed by atoms with Gasteiger partial charge in [0, 0.05) is 5.41 Å². The van der Waals surface area contributed by atoms with Gasteiger partial charge in [0.25, 0.3) is 0 Å². The molecule has 1 atom stereocenters. The fraction of sp³-hybridized carbons (Fsp3) is 0.800. The first-order chi connectivity index (χ1) is 12.9. The lowest BCUT2D eigenvalue weighted by molar-refractivity contribution is -0.148. The summed E-state index contributed by atoms with van der Waals surface area (Å²) in [5, 5.41) is 15.4. The molecule has 0 spiro atoms. The second-order valence-electron chi connectivity index (χ2n) is 9.24. The number of nitrogens with one attached hydrogen (secondary N) is 2. The van der Waals surface area contributed by atoms with E-state index in [4.69, 9.17) is 0 Å². The van der Waals surface area contributed by atoms with E-state index < -0.39 is 6.04 Å². The van der Waals surface area contributed by atoms with Crippen LogP contribution >= 0.6 is 11.3 Å². The van der Waals surface area contributed by atoms with Gasteiger partial charge in [-0.15, -0.1) is 10.2 Å². The van der Waals surface area contributed by atoms with Crippen molar-refractivity contribution in [2.75, 3.05) is 5.32 Å². The summed E-state index contributed by atoms with van der Waals surface area (Å²) < 4.78 is 0. The molecule has 1 heterocycles. The van der Waals surface area contributed by atoms with Crippen LogP contribution in [0.15, 0.2) is 0 Å². The average Bonchev–Trinajstić information content (AvgIpc) is 3.05. The number of aryl methyl sites for hydroxylation is 1. The first-order valence-electron chi connectivity index (χ1n) is 10.3. The van der Waals surface area contributed by atoms with Crippen LogP contribution in [0.4, 0.5) is 5.13 Å². The molecule has 1 aromatic rings. The van der Waals surface area contributed by atoms with E-state index in [2.05, 4.69) is 20.8 Å². The van der Waals surface area contributed by atoms with Crippen LogP contribution in [0.5, 0.6) is 0 Å². The smallest absolute Gasteiger partial charge is 0.249 e. The molecule has 4 fully saturated rings. The lowest BCUT2D eigenvalue weighted by Crippen LogP contribution is -2.57. The zero-order valence-corrected chi connectivity index (χ0v) is 17.3. The molecule has 27 heavy (non-hydrogen) atoms. The number of nitrogens with zero attached hydrogens (tertiary/aromatic N) is 2. The molecule has 4 aliphatic carbocycles. The van der Waals surface area contributed by atoms with Gasteiger partial charge >= 0.3 is 0 Å². The summed E-state index contributed by atoms with van der Waals surface area (Å²) in [5.74, 6) is 2.05. The molecule has 1 aromatic heterocycles. The number of carbonyl (C=O) groups excluding carboxylic acids is 2. The second-order valence-corrected chi connectivity index (χ2v) is 10.3. The molecule has 7 heteroatoms. The Labute approximate surface area is 164 Å². The molecule has 4 saturated carbocycles. The minimum atomic E-state index is -0.542. The first-order valence-corrected chi connectivity index (χ1v) is 11.1. The molecule has 148 valence electrons. The van der Waals surface area contributed by atoms with E-state index in [0.29, 0.717) is 22.9 Å². The maximum atomic E-state index is 13.3. The van der Waals surface area contributed by atoms with Crippen molar-refractivity contribution < 1.29 is 9.59 Å². The number of anilines is 1. The van der Waals surface area contributed by atoms with E-state index in [9.17, 15) is 9.59 Å². The molecule has 6 nitrogen and oxygen atoms in total. The Kier molecular flexibility index (Phi) is 4.99. The number of hydrogen-bond donors (Lipinski definition) is 2. The van der Waals surface area contributed by atoms with Gasteiger partial charge in [0.15, 0.2) is 0 Å². The van der Waals surface area contributed by atoms with Gasteiger partial charge in [0.05, 0.1) is 0 Å². The minimum absolute atomic E-state index is 0.0152. The first kappa shape index (κ1) is 18.8. The SMILES string of the molecule is CCc1nnc(NC(=O)C(NC(=O)C23CC4CC(CC(C4)C2)C3)C(C)C)s1. The Morgan fingerprint density at radius 1 is 1.11 bits per heavy atom. The van der Waals surface area contributed by atoms with E-state index in [1.165, 1.54) is 30.6 Å². The van der Waals surface area contributed by atoms with Gasteiger partial charge in [-0.3, -0.25) is 14.9 Å². The van der Waals surface area contributed by atoms with E-state index in [-0.39, 0.29) is 23.1 Å². The highest BCUT2D eigenvalue weighted by atomic mass is 32.1. The number of rotatable bonds is 6. The number of aromatic nitrogens is 2. The summed E-state index contributed by atoms with van der Waals surface area (Å²) in [6.45, 7) is 5.96. The van der Waals surface area contributed by atoms with Crippen LogP contribution in [-0.4, -0.2) is 28.1 Å². The summed E-state index contributed by atoms with van der Waals surface area (Å²) in [7, 11) is 0. The summed E-state index contributed by atoms with van der Waals surface area (Å²) in [6, 6.07) is -0.542. The molecule has 1 unspecified atom stereocenters. The number of hydrogen-bond acceptors (Lipinski definition) is 5. The fourth-order valence-corrected chi connectivity index (χ4v) is 6.53. The van der Waals surface area contributed by atoms with Gasteiger partial charge in [-0.05, 0) is 68.6 Å². The lowest BCUT2D eigenvalue weighted by atomic mass is 9.49. The molecule has 0 aromatic carbocycles. The predicted octanol–water partition coefficient (Wildman–Crippen LogP) is 3.40. The van der Waals surface area contributed by atoms with Crippen LogP contribution in [0.3, 0.4) is 0 Å². The molecule has 0 radical (unpaired) electrons. The van der Waals surface area contributed by atoms with E-state index in [1.807, 2.05) is 20.8 Å². The summed E-state index contributed by atoms with van der Waals surface area (Å²) in [4.78, 5) is 26.1. The molecule has 2 amide bonds. The third-order valence-corrected chi connectivity index (χ3v) is 7.74. The Bertz CT molecular complexity index is 694. The van der Waals surface area contributed by atoms with Crippen molar-refractivity contribution in [1.29, 1.82) is 0 Å².